The lowest BCUT2D eigenvalue weighted by Crippen LogP contribution is -2.22. The van der Waals surface area contributed by atoms with E-state index in [0.717, 1.165) is 32.6 Å². The quantitative estimate of drug-likeness (QED) is 0.638. The van der Waals surface area contributed by atoms with Crippen molar-refractivity contribution in [2.75, 3.05) is 25.1 Å². The summed E-state index contributed by atoms with van der Waals surface area (Å²) in [4.78, 5) is 14.0. The van der Waals surface area contributed by atoms with Crippen molar-refractivity contribution >= 4 is 11.5 Å². The number of nitro groups is 1. The molecule has 1 aliphatic rings. The number of pyridine rings is 1. The number of ether oxygens (including phenoxy) is 1. The molecule has 0 saturated carbocycles. The van der Waals surface area contributed by atoms with Crippen molar-refractivity contribution in [3.63, 3.8) is 0 Å². The van der Waals surface area contributed by atoms with Crippen molar-refractivity contribution in [2.45, 2.75) is 12.8 Å². The molecule has 0 spiro atoms. The molecule has 1 aromatic heterocycles. The van der Waals surface area contributed by atoms with E-state index in [9.17, 15) is 10.1 Å². The van der Waals surface area contributed by atoms with Gasteiger partial charge in [-0.2, -0.15) is 0 Å². The smallest absolute Gasteiger partial charge is 0.287 e. The molecule has 6 heteroatoms. The third-order valence-electron chi connectivity index (χ3n) is 2.87. The van der Waals surface area contributed by atoms with Crippen LogP contribution in [0.5, 0.6) is 0 Å². The molecule has 0 bridgehead atoms. The van der Waals surface area contributed by atoms with E-state index in [-0.39, 0.29) is 5.69 Å². The number of nitrogens with zero attached hydrogens (tertiary/aromatic N) is 2. The molecule has 1 saturated heterocycles. The van der Waals surface area contributed by atoms with Gasteiger partial charge >= 0.3 is 0 Å². The predicted octanol–water partition coefficient (Wildman–Crippen LogP) is 1.83. The van der Waals surface area contributed by atoms with Crippen LogP contribution in [0.4, 0.5) is 11.5 Å². The SMILES string of the molecule is O=[N+]([O-])c1ccc(NCC2CCOCC2)nc1. The molecule has 92 valence electrons. The number of aromatic nitrogens is 1. The van der Waals surface area contributed by atoms with E-state index in [0.29, 0.717) is 11.7 Å². The summed E-state index contributed by atoms with van der Waals surface area (Å²) in [6, 6.07) is 3.09. The highest BCUT2D eigenvalue weighted by Crippen LogP contribution is 2.16. The normalized spacial score (nSPS) is 16.7. The zero-order chi connectivity index (χ0) is 12.1. The van der Waals surface area contributed by atoms with Crippen LogP contribution in [0.2, 0.25) is 0 Å². The minimum Gasteiger partial charge on any atom is -0.381 e. The summed E-state index contributed by atoms with van der Waals surface area (Å²) in [6.45, 7) is 2.48. The summed E-state index contributed by atoms with van der Waals surface area (Å²) in [7, 11) is 0. The van der Waals surface area contributed by atoms with Crippen LogP contribution in [0.1, 0.15) is 12.8 Å². The third-order valence-corrected chi connectivity index (χ3v) is 2.87. The van der Waals surface area contributed by atoms with Crippen LogP contribution in [-0.4, -0.2) is 29.7 Å². The first-order valence-electron chi connectivity index (χ1n) is 5.68. The standard InChI is InChI=1S/C11H15N3O3/c15-14(16)10-1-2-11(13-8-10)12-7-9-3-5-17-6-4-9/h1-2,8-9H,3-7H2,(H,12,13). The van der Waals surface area contributed by atoms with E-state index in [1.165, 1.54) is 12.3 Å². The molecule has 0 amide bonds. The van der Waals surface area contributed by atoms with Gasteiger partial charge in [0.15, 0.2) is 0 Å². The van der Waals surface area contributed by atoms with Gasteiger partial charge in [-0.3, -0.25) is 10.1 Å². The third kappa shape index (κ3) is 3.39. The van der Waals surface area contributed by atoms with Crippen LogP contribution in [-0.2, 0) is 4.74 Å². The summed E-state index contributed by atoms with van der Waals surface area (Å²) in [5, 5.41) is 13.6. The molecule has 6 nitrogen and oxygen atoms in total. The molecule has 0 aliphatic carbocycles. The van der Waals surface area contributed by atoms with E-state index in [4.69, 9.17) is 4.74 Å². The number of hydrogen-bond donors (Lipinski definition) is 1. The maximum atomic E-state index is 10.4. The molecule has 2 rings (SSSR count). The van der Waals surface area contributed by atoms with Gasteiger partial charge < -0.3 is 10.1 Å². The second-order valence-corrected chi connectivity index (χ2v) is 4.10. The number of rotatable bonds is 4. The van der Waals surface area contributed by atoms with Crippen LogP contribution in [0.3, 0.4) is 0 Å². The lowest BCUT2D eigenvalue weighted by Gasteiger charge is -2.22. The Morgan fingerprint density at radius 1 is 1.47 bits per heavy atom. The van der Waals surface area contributed by atoms with Crippen molar-refractivity contribution in [3.8, 4) is 0 Å². The van der Waals surface area contributed by atoms with Crippen molar-refractivity contribution < 1.29 is 9.66 Å². The largest absolute Gasteiger partial charge is 0.381 e. The minimum atomic E-state index is -0.449. The van der Waals surface area contributed by atoms with E-state index in [1.807, 2.05) is 0 Å². The Kier molecular flexibility index (Phi) is 3.87. The lowest BCUT2D eigenvalue weighted by molar-refractivity contribution is -0.385. The Bertz CT molecular complexity index is 374. The van der Waals surface area contributed by atoms with Gasteiger partial charge in [-0.05, 0) is 24.8 Å². The van der Waals surface area contributed by atoms with Crippen molar-refractivity contribution in [3.05, 3.63) is 28.4 Å². The molecule has 1 N–H and O–H groups in total. The first kappa shape index (κ1) is 11.8. The van der Waals surface area contributed by atoms with E-state index < -0.39 is 4.92 Å². The number of hydrogen-bond acceptors (Lipinski definition) is 5. The fraction of sp³-hybridized carbons (Fsp3) is 0.545. The van der Waals surface area contributed by atoms with Gasteiger partial charge in [-0.15, -0.1) is 0 Å². The number of nitrogens with one attached hydrogen (secondary N) is 1. The molecule has 0 aromatic carbocycles. The number of anilines is 1. The van der Waals surface area contributed by atoms with Crippen LogP contribution < -0.4 is 5.32 Å². The Morgan fingerprint density at radius 2 is 2.24 bits per heavy atom. The zero-order valence-corrected chi connectivity index (χ0v) is 9.46. The van der Waals surface area contributed by atoms with Gasteiger partial charge in [0.05, 0.1) is 4.92 Å². The average molecular weight is 237 g/mol. The van der Waals surface area contributed by atoms with Crippen molar-refractivity contribution in [2.24, 2.45) is 5.92 Å². The van der Waals surface area contributed by atoms with Crippen molar-refractivity contribution in [1.82, 2.24) is 4.98 Å². The molecule has 0 unspecified atom stereocenters. The highest BCUT2D eigenvalue weighted by molar-refractivity contribution is 5.40. The van der Waals surface area contributed by atoms with Gasteiger partial charge in [0.2, 0.25) is 0 Å². The van der Waals surface area contributed by atoms with Gasteiger partial charge in [0.1, 0.15) is 12.0 Å². The van der Waals surface area contributed by atoms with Crippen LogP contribution in [0.15, 0.2) is 18.3 Å². The Balaban J connectivity index is 1.84. The van der Waals surface area contributed by atoms with Gasteiger partial charge in [0.25, 0.3) is 5.69 Å². The maximum Gasteiger partial charge on any atom is 0.287 e. The monoisotopic (exact) mass is 237 g/mol. The minimum absolute atomic E-state index is 0.0154. The first-order valence-corrected chi connectivity index (χ1v) is 5.68. The van der Waals surface area contributed by atoms with E-state index in [1.54, 1.807) is 6.07 Å². The first-order chi connectivity index (χ1) is 8.25. The van der Waals surface area contributed by atoms with E-state index in [2.05, 4.69) is 10.3 Å². The summed E-state index contributed by atoms with van der Waals surface area (Å²) in [5.41, 5.74) is 0.0154. The Morgan fingerprint density at radius 3 is 2.82 bits per heavy atom. The maximum absolute atomic E-state index is 10.4. The average Bonchev–Trinajstić information content (AvgIpc) is 2.38. The second kappa shape index (κ2) is 5.58. The van der Waals surface area contributed by atoms with E-state index >= 15 is 0 Å². The summed E-state index contributed by atoms with van der Waals surface area (Å²) < 4.78 is 5.28. The molecule has 1 aliphatic heterocycles. The van der Waals surface area contributed by atoms with Gasteiger partial charge in [-0.25, -0.2) is 4.98 Å². The van der Waals surface area contributed by atoms with Crippen LogP contribution >= 0.6 is 0 Å². The highest BCUT2D eigenvalue weighted by Gasteiger charge is 2.13. The molecular formula is C11H15N3O3. The van der Waals surface area contributed by atoms with Gasteiger partial charge in [-0.1, -0.05) is 0 Å². The molecule has 0 atom stereocenters. The second-order valence-electron chi connectivity index (χ2n) is 4.10. The summed E-state index contributed by atoms with van der Waals surface area (Å²) in [6.07, 6.45) is 3.38. The lowest BCUT2D eigenvalue weighted by atomic mass is 10.0. The van der Waals surface area contributed by atoms with Crippen LogP contribution in [0, 0.1) is 16.0 Å². The van der Waals surface area contributed by atoms with Gasteiger partial charge in [0, 0.05) is 25.8 Å². The molecule has 2 heterocycles. The molecule has 1 fully saturated rings. The Labute approximate surface area is 99.2 Å². The zero-order valence-electron chi connectivity index (χ0n) is 9.46. The Hall–Kier alpha value is -1.69. The topological polar surface area (TPSA) is 77.3 Å². The highest BCUT2D eigenvalue weighted by atomic mass is 16.6. The fourth-order valence-corrected chi connectivity index (χ4v) is 1.80. The molecular weight excluding hydrogens is 222 g/mol. The summed E-state index contributed by atoms with van der Waals surface area (Å²) >= 11 is 0. The van der Waals surface area contributed by atoms with Crippen LogP contribution in [0.25, 0.3) is 0 Å². The molecule has 17 heavy (non-hydrogen) atoms. The predicted molar refractivity (Wildman–Crippen MR) is 62.9 cm³/mol. The fourth-order valence-electron chi connectivity index (χ4n) is 1.80. The molecule has 0 radical (unpaired) electrons. The van der Waals surface area contributed by atoms with Crippen molar-refractivity contribution in [1.29, 1.82) is 0 Å². The molecule has 1 aromatic rings. The summed E-state index contributed by atoms with van der Waals surface area (Å²) in [5.74, 6) is 1.28.